The molecule has 0 fully saturated rings. The van der Waals surface area contributed by atoms with Gasteiger partial charge < -0.3 is 14.2 Å². The molecule has 0 unspecified atom stereocenters. The summed E-state index contributed by atoms with van der Waals surface area (Å²) in [6.45, 7) is 6.88. The summed E-state index contributed by atoms with van der Waals surface area (Å²) in [5.74, 6) is 1.74. The Labute approximate surface area is 197 Å². The summed E-state index contributed by atoms with van der Waals surface area (Å²) < 4.78 is 16.9. The topological polar surface area (TPSA) is 44.8 Å². The van der Waals surface area contributed by atoms with Gasteiger partial charge in [-0.05, 0) is 86.3 Å². The lowest BCUT2D eigenvalue weighted by Gasteiger charge is -2.15. The third-order valence-electron chi connectivity index (χ3n) is 5.46. The van der Waals surface area contributed by atoms with Gasteiger partial charge in [-0.25, -0.2) is 4.79 Å². The van der Waals surface area contributed by atoms with Gasteiger partial charge in [0.15, 0.2) is 0 Å². The van der Waals surface area contributed by atoms with Crippen LogP contribution in [0.1, 0.15) is 63.2 Å². The van der Waals surface area contributed by atoms with Crippen molar-refractivity contribution in [3.05, 3.63) is 78.4 Å². The summed E-state index contributed by atoms with van der Waals surface area (Å²) in [4.78, 5) is 12.5. The molecule has 0 aliphatic rings. The summed E-state index contributed by atoms with van der Waals surface area (Å²) in [5.41, 5.74) is 2.61. The van der Waals surface area contributed by atoms with Gasteiger partial charge in [-0.2, -0.15) is 0 Å². The second-order valence-electron chi connectivity index (χ2n) is 8.17. The molecule has 4 heteroatoms. The van der Waals surface area contributed by atoms with E-state index in [1.165, 1.54) is 25.7 Å². The number of rotatable bonds is 12. The Morgan fingerprint density at radius 1 is 0.727 bits per heavy atom. The summed E-state index contributed by atoms with van der Waals surface area (Å²) in [6, 6.07) is 22.6. The molecule has 4 nitrogen and oxygen atoms in total. The first-order valence-corrected chi connectivity index (χ1v) is 11.9. The van der Waals surface area contributed by atoms with E-state index in [9.17, 15) is 4.79 Å². The molecule has 174 valence electrons. The molecule has 3 aromatic carbocycles. The quantitative estimate of drug-likeness (QED) is 0.162. The average molecular weight is 447 g/mol. The molecular weight excluding hydrogens is 412 g/mol. The molecule has 0 heterocycles. The Kier molecular flexibility index (Phi) is 9.37. The third-order valence-corrected chi connectivity index (χ3v) is 5.46. The molecule has 33 heavy (non-hydrogen) atoms. The van der Waals surface area contributed by atoms with Crippen LogP contribution in [-0.4, -0.2) is 18.7 Å². The van der Waals surface area contributed by atoms with Gasteiger partial charge in [0.2, 0.25) is 0 Å². The second kappa shape index (κ2) is 12.7. The van der Waals surface area contributed by atoms with E-state index in [4.69, 9.17) is 14.2 Å². The lowest BCUT2D eigenvalue weighted by atomic mass is 10.0. The van der Waals surface area contributed by atoms with E-state index in [1.54, 1.807) is 36.4 Å². The predicted molar refractivity (Wildman–Crippen MR) is 133 cm³/mol. The number of hydrogen-bond donors (Lipinski definition) is 0. The molecule has 0 aliphatic heterocycles. The van der Waals surface area contributed by atoms with Crippen LogP contribution in [0.5, 0.6) is 17.2 Å². The minimum absolute atomic E-state index is 0.216. The van der Waals surface area contributed by atoms with Crippen LogP contribution in [0.15, 0.2) is 72.8 Å². The van der Waals surface area contributed by atoms with Crippen molar-refractivity contribution in [3.63, 3.8) is 0 Å². The summed E-state index contributed by atoms with van der Waals surface area (Å²) >= 11 is 0. The fourth-order valence-electron chi connectivity index (χ4n) is 3.61. The first kappa shape index (κ1) is 24.4. The highest BCUT2D eigenvalue weighted by Crippen LogP contribution is 2.25. The molecular formula is C29H34O4. The molecule has 0 radical (unpaired) electrons. The molecule has 3 aromatic rings. The van der Waals surface area contributed by atoms with Crippen LogP contribution in [0.4, 0.5) is 0 Å². The minimum Gasteiger partial charge on any atom is -0.494 e. The maximum Gasteiger partial charge on any atom is 0.343 e. The van der Waals surface area contributed by atoms with Crippen LogP contribution < -0.4 is 14.2 Å². The van der Waals surface area contributed by atoms with Crippen molar-refractivity contribution in [1.29, 1.82) is 0 Å². The number of carbonyl (C=O) groups is 1. The van der Waals surface area contributed by atoms with E-state index in [1.807, 2.05) is 43.3 Å². The van der Waals surface area contributed by atoms with Crippen LogP contribution in [0, 0.1) is 0 Å². The van der Waals surface area contributed by atoms with Crippen molar-refractivity contribution in [2.75, 3.05) is 6.61 Å². The van der Waals surface area contributed by atoms with Gasteiger partial charge in [-0.15, -0.1) is 0 Å². The lowest BCUT2D eigenvalue weighted by molar-refractivity contribution is 0.0734. The van der Waals surface area contributed by atoms with Crippen molar-refractivity contribution < 1.29 is 19.0 Å². The highest BCUT2D eigenvalue weighted by molar-refractivity contribution is 5.91. The van der Waals surface area contributed by atoms with Gasteiger partial charge in [0, 0.05) is 0 Å². The number of benzene rings is 3. The summed E-state index contributed by atoms with van der Waals surface area (Å²) in [6.07, 6.45) is 6.32. The van der Waals surface area contributed by atoms with Crippen LogP contribution >= 0.6 is 0 Å². The molecule has 1 atom stereocenters. The van der Waals surface area contributed by atoms with Gasteiger partial charge in [-0.1, -0.05) is 50.5 Å². The van der Waals surface area contributed by atoms with E-state index in [2.05, 4.69) is 13.8 Å². The van der Waals surface area contributed by atoms with Crippen LogP contribution in [-0.2, 0) is 0 Å². The van der Waals surface area contributed by atoms with Crippen molar-refractivity contribution in [2.24, 2.45) is 0 Å². The van der Waals surface area contributed by atoms with Crippen molar-refractivity contribution >= 4 is 5.97 Å². The molecule has 0 aliphatic carbocycles. The molecule has 0 N–H and O–H groups in total. The maximum absolute atomic E-state index is 12.5. The maximum atomic E-state index is 12.5. The normalized spacial score (nSPS) is 11.6. The SMILES string of the molecule is CCCCCC[C@H](C)Oc1ccc(-c2ccc(C(=O)Oc3ccc(OCC)cc3)cc2)cc1. The molecule has 0 bridgehead atoms. The van der Waals surface area contributed by atoms with Crippen LogP contribution in [0.3, 0.4) is 0 Å². The van der Waals surface area contributed by atoms with Crippen molar-refractivity contribution in [1.82, 2.24) is 0 Å². The Hall–Kier alpha value is -3.27. The minimum atomic E-state index is -0.387. The Morgan fingerprint density at radius 2 is 1.30 bits per heavy atom. The smallest absolute Gasteiger partial charge is 0.343 e. The highest BCUT2D eigenvalue weighted by Gasteiger charge is 2.10. The zero-order valence-electron chi connectivity index (χ0n) is 19.9. The Morgan fingerprint density at radius 3 is 1.91 bits per heavy atom. The zero-order chi connectivity index (χ0) is 23.5. The standard InChI is InChI=1S/C29H34O4/c1-4-6-7-8-9-22(3)32-27-16-14-24(15-17-27)23-10-12-25(13-11-23)29(30)33-28-20-18-26(19-21-28)31-5-2/h10-22H,4-9H2,1-3H3/t22-/m0/s1. The summed E-state index contributed by atoms with van der Waals surface area (Å²) in [5, 5.41) is 0. The summed E-state index contributed by atoms with van der Waals surface area (Å²) in [7, 11) is 0. The Bertz CT molecular complexity index is 976. The van der Waals surface area contributed by atoms with Crippen molar-refractivity contribution in [3.8, 4) is 28.4 Å². The molecule has 0 spiro atoms. The van der Waals surface area contributed by atoms with E-state index >= 15 is 0 Å². The fourth-order valence-corrected chi connectivity index (χ4v) is 3.61. The van der Waals surface area contributed by atoms with E-state index in [-0.39, 0.29) is 12.1 Å². The monoisotopic (exact) mass is 446 g/mol. The lowest BCUT2D eigenvalue weighted by Crippen LogP contribution is -2.11. The number of ether oxygens (including phenoxy) is 3. The number of carbonyl (C=O) groups excluding carboxylic acids is 1. The first-order chi connectivity index (χ1) is 16.1. The molecule has 3 rings (SSSR count). The number of hydrogen-bond acceptors (Lipinski definition) is 4. The van der Waals surface area contributed by atoms with E-state index in [0.29, 0.717) is 17.9 Å². The predicted octanol–water partition coefficient (Wildman–Crippen LogP) is 7.71. The van der Waals surface area contributed by atoms with Crippen molar-refractivity contribution in [2.45, 2.75) is 59.0 Å². The largest absolute Gasteiger partial charge is 0.494 e. The third kappa shape index (κ3) is 7.67. The van der Waals surface area contributed by atoms with Crippen LogP contribution in [0.2, 0.25) is 0 Å². The van der Waals surface area contributed by atoms with Gasteiger partial charge in [-0.3, -0.25) is 0 Å². The number of esters is 1. The molecule has 0 amide bonds. The first-order valence-electron chi connectivity index (χ1n) is 11.9. The van der Waals surface area contributed by atoms with E-state index in [0.717, 1.165) is 29.0 Å². The molecule has 0 saturated heterocycles. The number of unbranched alkanes of at least 4 members (excludes halogenated alkanes) is 3. The highest BCUT2D eigenvalue weighted by atomic mass is 16.5. The Balaban J connectivity index is 1.54. The second-order valence-corrected chi connectivity index (χ2v) is 8.17. The zero-order valence-corrected chi connectivity index (χ0v) is 19.9. The van der Waals surface area contributed by atoms with Gasteiger partial charge in [0.25, 0.3) is 0 Å². The average Bonchev–Trinajstić information content (AvgIpc) is 2.84. The van der Waals surface area contributed by atoms with Gasteiger partial charge in [0.1, 0.15) is 17.2 Å². The molecule has 0 saturated carbocycles. The van der Waals surface area contributed by atoms with E-state index < -0.39 is 0 Å². The van der Waals surface area contributed by atoms with Crippen LogP contribution in [0.25, 0.3) is 11.1 Å². The molecule has 0 aromatic heterocycles. The fraction of sp³-hybridized carbons (Fsp3) is 0.345. The van der Waals surface area contributed by atoms with Gasteiger partial charge >= 0.3 is 5.97 Å². The van der Waals surface area contributed by atoms with Gasteiger partial charge in [0.05, 0.1) is 18.3 Å².